The molecule has 3 N–H and O–H groups in total. The molecule has 0 saturated carbocycles. The summed E-state index contributed by atoms with van der Waals surface area (Å²) in [4.78, 5) is 35.2. The molecule has 3 heterocycles. The molecule has 3 aromatic carbocycles. The number of amides is 3. The summed E-state index contributed by atoms with van der Waals surface area (Å²) in [6.45, 7) is 12.5. The fourth-order valence-electron chi connectivity index (χ4n) is 6.70. The molecule has 3 aromatic rings. The largest absolute Gasteiger partial charge is 0.488 e. The third kappa shape index (κ3) is 12.1. The molecule has 0 aromatic heterocycles. The number of benzene rings is 3. The minimum absolute atomic E-state index is 0. The zero-order valence-electron chi connectivity index (χ0n) is 34.3. The van der Waals surface area contributed by atoms with E-state index in [0.29, 0.717) is 73.4 Å². The molecule has 0 saturated heterocycles. The van der Waals surface area contributed by atoms with Crippen molar-refractivity contribution in [2.75, 3.05) is 56.3 Å². The number of carbonyl (C=O) groups excluding carboxylic acids is 3. The SMILES string of the molecule is C.COC[C@H](C)Oc1ccc2c(c1)N(O)C(=O)C(C)C2.COC[C@H](C)Oc1ccc2c(c1)N(O)C(=O)[C@@H](C)C2.COC[C@H](C)Oc1ccc2c(c1)N(O)C(=O)[C@H](C)C2. The van der Waals surface area contributed by atoms with Crippen LogP contribution in [0.5, 0.6) is 17.2 Å². The van der Waals surface area contributed by atoms with Crippen molar-refractivity contribution >= 4 is 34.8 Å². The third-order valence-electron chi connectivity index (χ3n) is 9.54. The fraction of sp³-hybridized carbons (Fsp3) is 0.512. The topological polar surface area (TPSA) is 177 Å². The number of hydroxylamine groups is 3. The number of anilines is 3. The molecule has 6 atom stereocenters. The lowest BCUT2D eigenvalue weighted by Crippen LogP contribution is -2.37. The molecule has 3 aliphatic heterocycles. The van der Waals surface area contributed by atoms with Crippen molar-refractivity contribution in [3.05, 3.63) is 71.3 Å². The second-order valence-corrected chi connectivity index (χ2v) is 14.8. The standard InChI is InChI=1S/3C14H19NO4.CH4/c3*1-9-6-11-4-5-12(19-10(2)8-18-3)7-13(11)15(17)14(9)16;/h3*4-5,7,9-10,17H,6,8H2,1-3H3;1H4/t9?,10-;9-,10+;9-,10-;/m010./s1. The maximum atomic E-state index is 11.7. The number of nitrogens with zero attached hydrogens (tertiary/aromatic N) is 3. The molecular formula is C43H61N3O12. The molecule has 58 heavy (non-hydrogen) atoms. The van der Waals surface area contributed by atoms with Gasteiger partial charge in [-0.1, -0.05) is 46.4 Å². The monoisotopic (exact) mass is 811 g/mol. The first-order valence-corrected chi connectivity index (χ1v) is 19.0. The number of fused-ring (bicyclic) bond motifs is 3. The summed E-state index contributed by atoms with van der Waals surface area (Å²) in [6.07, 6.45) is 1.65. The Morgan fingerprint density at radius 3 is 0.983 bits per heavy atom. The van der Waals surface area contributed by atoms with Crippen molar-refractivity contribution in [1.29, 1.82) is 0 Å². The summed E-state index contributed by atoms with van der Waals surface area (Å²) in [5.74, 6) is 0.405. The Morgan fingerprint density at radius 1 is 0.517 bits per heavy atom. The Labute approximate surface area is 341 Å². The molecule has 0 radical (unpaired) electrons. The van der Waals surface area contributed by atoms with Crippen LogP contribution in [0.4, 0.5) is 17.1 Å². The van der Waals surface area contributed by atoms with E-state index in [-0.39, 0.29) is 61.2 Å². The average Bonchev–Trinajstić information content (AvgIpc) is 3.17. The average molecular weight is 812 g/mol. The van der Waals surface area contributed by atoms with Gasteiger partial charge in [0.2, 0.25) is 0 Å². The zero-order valence-corrected chi connectivity index (χ0v) is 34.3. The van der Waals surface area contributed by atoms with Crippen LogP contribution in [-0.2, 0) is 47.9 Å². The summed E-state index contributed by atoms with van der Waals surface area (Å²) in [6, 6.07) is 16.3. The van der Waals surface area contributed by atoms with Gasteiger partial charge in [-0.2, -0.15) is 15.2 Å². The van der Waals surface area contributed by atoms with E-state index in [1.165, 1.54) is 0 Å². The maximum Gasteiger partial charge on any atom is 0.253 e. The lowest BCUT2D eigenvalue weighted by Gasteiger charge is -2.28. The minimum atomic E-state index is -0.283. The van der Waals surface area contributed by atoms with Crippen molar-refractivity contribution in [2.45, 2.75) is 86.5 Å². The van der Waals surface area contributed by atoms with Gasteiger partial charge in [0.05, 0.1) is 36.9 Å². The van der Waals surface area contributed by atoms with E-state index in [2.05, 4.69) is 0 Å². The van der Waals surface area contributed by atoms with Crippen molar-refractivity contribution in [2.24, 2.45) is 17.8 Å². The molecule has 0 aliphatic carbocycles. The Bertz CT molecular complexity index is 1630. The Kier molecular flexibility index (Phi) is 17.9. The van der Waals surface area contributed by atoms with E-state index in [9.17, 15) is 30.0 Å². The van der Waals surface area contributed by atoms with E-state index >= 15 is 0 Å². The molecular weight excluding hydrogens is 750 g/mol. The van der Waals surface area contributed by atoms with Crippen molar-refractivity contribution < 1.29 is 58.4 Å². The van der Waals surface area contributed by atoms with Crippen LogP contribution < -0.4 is 29.4 Å². The molecule has 3 amide bonds. The predicted octanol–water partition coefficient (Wildman–Crippen LogP) is 6.68. The summed E-state index contributed by atoms with van der Waals surface area (Å²) >= 11 is 0. The summed E-state index contributed by atoms with van der Waals surface area (Å²) in [7, 11) is 4.84. The van der Waals surface area contributed by atoms with Gasteiger partial charge in [0.1, 0.15) is 35.6 Å². The van der Waals surface area contributed by atoms with Gasteiger partial charge in [-0.05, 0) is 74.9 Å². The van der Waals surface area contributed by atoms with Crippen LogP contribution in [0.25, 0.3) is 0 Å². The molecule has 3 aliphatic rings. The van der Waals surface area contributed by atoms with Gasteiger partial charge in [-0.3, -0.25) is 30.0 Å². The quantitative estimate of drug-likeness (QED) is 0.166. The number of hydrogen-bond donors (Lipinski definition) is 3. The number of rotatable bonds is 12. The zero-order chi connectivity index (χ0) is 42.0. The fourth-order valence-corrected chi connectivity index (χ4v) is 6.70. The van der Waals surface area contributed by atoms with Gasteiger partial charge in [-0.25, -0.2) is 0 Å². The predicted molar refractivity (Wildman–Crippen MR) is 218 cm³/mol. The van der Waals surface area contributed by atoms with Crippen LogP contribution >= 0.6 is 0 Å². The highest BCUT2D eigenvalue weighted by molar-refractivity contribution is 5.97. The van der Waals surface area contributed by atoms with Gasteiger partial charge in [0, 0.05) is 57.3 Å². The molecule has 1 unspecified atom stereocenters. The van der Waals surface area contributed by atoms with E-state index in [0.717, 1.165) is 31.9 Å². The van der Waals surface area contributed by atoms with Crippen LogP contribution in [0.2, 0.25) is 0 Å². The number of ether oxygens (including phenoxy) is 6. The number of hydrogen-bond acceptors (Lipinski definition) is 12. The van der Waals surface area contributed by atoms with Gasteiger partial charge in [0.25, 0.3) is 17.7 Å². The van der Waals surface area contributed by atoms with Crippen molar-refractivity contribution in [3.63, 3.8) is 0 Å². The molecule has 15 heteroatoms. The van der Waals surface area contributed by atoms with Crippen LogP contribution in [0.1, 0.15) is 65.7 Å². The van der Waals surface area contributed by atoms with E-state index in [1.807, 2.05) is 57.2 Å². The molecule has 15 nitrogen and oxygen atoms in total. The summed E-state index contributed by atoms with van der Waals surface area (Å²) < 4.78 is 32.0. The van der Waals surface area contributed by atoms with Crippen LogP contribution in [0, 0.1) is 17.8 Å². The van der Waals surface area contributed by atoms with Gasteiger partial charge in [-0.15, -0.1) is 0 Å². The first kappa shape index (κ1) is 47.6. The van der Waals surface area contributed by atoms with E-state index in [4.69, 9.17) is 28.4 Å². The number of methoxy groups -OCH3 is 3. The first-order chi connectivity index (χ1) is 27.1. The van der Waals surface area contributed by atoms with Crippen LogP contribution in [0.15, 0.2) is 54.6 Å². The third-order valence-corrected chi connectivity index (χ3v) is 9.54. The lowest BCUT2D eigenvalue weighted by molar-refractivity contribution is -0.128. The maximum absolute atomic E-state index is 11.7. The smallest absolute Gasteiger partial charge is 0.253 e. The second kappa shape index (κ2) is 21.8. The highest BCUT2D eigenvalue weighted by atomic mass is 16.5. The Morgan fingerprint density at radius 2 is 0.759 bits per heavy atom. The molecule has 6 rings (SSSR count). The van der Waals surface area contributed by atoms with Gasteiger partial charge >= 0.3 is 0 Å². The normalized spacial score (nSPS) is 19.8. The summed E-state index contributed by atoms with van der Waals surface area (Å²) in [5.41, 5.74) is 4.35. The van der Waals surface area contributed by atoms with Gasteiger partial charge < -0.3 is 28.4 Å². The molecule has 0 spiro atoms. The Balaban J connectivity index is 0.000000231. The van der Waals surface area contributed by atoms with Gasteiger partial charge in [0.15, 0.2) is 0 Å². The van der Waals surface area contributed by atoms with E-state index < -0.39 is 0 Å². The highest BCUT2D eigenvalue weighted by Crippen LogP contribution is 2.35. The van der Waals surface area contributed by atoms with Crippen molar-refractivity contribution in [3.8, 4) is 17.2 Å². The van der Waals surface area contributed by atoms with Crippen LogP contribution in [-0.4, -0.2) is 92.8 Å². The second-order valence-electron chi connectivity index (χ2n) is 14.8. The van der Waals surface area contributed by atoms with Crippen LogP contribution in [0.3, 0.4) is 0 Å². The lowest BCUT2D eigenvalue weighted by atomic mass is 9.94. The molecule has 320 valence electrons. The Hall–Kier alpha value is -4.77. The number of carbonyl (C=O) groups is 3. The molecule has 0 fully saturated rings. The highest BCUT2D eigenvalue weighted by Gasteiger charge is 2.32. The first-order valence-electron chi connectivity index (χ1n) is 19.0. The van der Waals surface area contributed by atoms with E-state index in [1.54, 1.807) is 60.3 Å². The van der Waals surface area contributed by atoms with Crippen molar-refractivity contribution in [1.82, 2.24) is 0 Å². The molecule has 0 bridgehead atoms. The summed E-state index contributed by atoms with van der Waals surface area (Å²) in [5, 5.41) is 31.8. The minimum Gasteiger partial charge on any atom is -0.488 e.